The average molecular weight is 404 g/mol. The van der Waals surface area contributed by atoms with Gasteiger partial charge in [-0.3, -0.25) is 0 Å². The maximum Gasteiger partial charge on any atom is 0.407 e. The summed E-state index contributed by atoms with van der Waals surface area (Å²) < 4.78 is 5.27. The Balaban J connectivity index is 1.53. The van der Waals surface area contributed by atoms with Crippen molar-refractivity contribution in [1.82, 2.24) is 15.5 Å². The fraction of sp³-hybridized carbons (Fsp3) is 0.696. The number of nitrogens with zero attached hydrogens (tertiary/aromatic N) is 1. The number of benzene rings is 1. The molecule has 3 atom stereocenters. The number of aromatic hydroxyl groups is 1. The number of unbranched alkanes of at least 4 members (excludes halogenated alkanes) is 1. The molecular formula is C23H37N3O3. The minimum absolute atomic E-state index is 0.0261. The van der Waals surface area contributed by atoms with Crippen LogP contribution in [-0.4, -0.2) is 60.5 Å². The minimum atomic E-state index is -0.462. The zero-order chi connectivity index (χ0) is 21.2. The van der Waals surface area contributed by atoms with E-state index in [9.17, 15) is 9.90 Å². The van der Waals surface area contributed by atoms with Crippen LogP contribution in [0.25, 0.3) is 0 Å². The Bertz CT molecular complexity index is 731. The van der Waals surface area contributed by atoms with E-state index in [2.05, 4.69) is 35.6 Å². The number of hydrogen-bond donors (Lipinski definition) is 3. The highest BCUT2D eigenvalue weighted by Crippen LogP contribution is 2.45. The van der Waals surface area contributed by atoms with E-state index in [0.717, 1.165) is 38.8 Å². The van der Waals surface area contributed by atoms with Crippen molar-refractivity contribution in [2.75, 3.05) is 26.7 Å². The average Bonchev–Trinajstić information content (AvgIpc) is 2.62. The molecule has 0 spiro atoms. The summed E-state index contributed by atoms with van der Waals surface area (Å²) >= 11 is 0. The molecule has 1 aromatic rings. The molecule has 3 N–H and O–H groups in total. The van der Waals surface area contributed by atoms with Gasteiger partial charge in [-0.05, 0) is 89.9 Å². The van der Waals surface area contributed by atoms with Gasteiger partial charge in [0.2, 0.25) is 0 Å². The van der Waals surface area contributed by atoms with Crippen LogP contribution in [0.3, 0.4) is 0 Å². The number of phenolic OH excluding ortho intramolecular Hbond substituents is 1. The summed E-state index contributed by atoms with van der Waals surface area (Å²) in [6.45, 7) is 10.6. The van der Waals surface area contributed by atoms with Crippen LogP contribution >= 0.6 is 0 Å². The van der Waals surface area contributed by atoms with Gasteiger partial charge >= 0.3 is 6.09 Å². The van der Waals surface area contributed by atoms with Gasteiger partial charge in [0.1, 0.15) is 11.4 Å². The molecular weight excluding hydrogens is 366 g/mol. The van der Waals surface area contributed by atoms with Crippen molar-refractivity contribution in [3.05, 3.63) is 29.3 Å². The molecule has 1 amide bonds. The lowest BCUT2D eigenvalue weighted by atomic mass is 9.61. The van der Waals surface area contributed by atoms with Crippen molar-refractivity contribution < 1.29 is 14.6 Å². The summed E-state index contributed by atoms with van der Waals surface area (Å²) in [6, 6.07) is 6.69. The normalized spacial score (nSPS) is 26.7. The summed E-state index contributed by atoms with van der Waals surface area (Å²) in [5.74, 6) is 0.356. The molecule has 162 valence electrons. The predicted molar refractivity (Wildman–Crippen MR) is 115 cm³/mol. The molecule has 3 rings (SSSR count). The van der Waals surface area contributed by atoms with Crippen LogP contribution in [0.4, 0.5) is 4.79 Å². The lowest BCUT2D eigenvalue weighted by Crippen LogP contribution is -2.66. The number of alkyl carbamates (subject to hydrolysis) is 1. The van der Waals surface area contributed by atoms with E-state index in [1.54, 1.807) is 0 Å². The molecule has 1 aliphatic heterocycles. The zero-order valence-corrected chi connectivity index (χ0v) is 18.5. The molecule has 1 heterocycles. The number of amides is 1. The van der Waals surface area contributed by atoms with Crippen LogP contribution < -0.4 is 10.6 Å². The number of rotatable bonds is 6. The maximum absolute atomic E-state index is 11.7. The molecule has 0 saturated carbocycles. The third kappa shape index (κ3) is 5.04. The van der Waals surface area contributed by atoms with Crippen molar-refractivity contribution >= 4 is 6.09 Å². The van der Waals surface area contributed by atoms with Crippen LogP contribution in [0.2, 0.25) is 0 Å². The molecule has 1 aliphatic carbocycles. The van der Waals surface area contributed by atoms with E-state index in [1.165, 1.54) is 11.1 Å². The Morgan fingerprint density at radius 2 is 2.03 bits per heavy atom. The molecule has 6 nitrogen and oxygen atoms in total. The number of fused-ring (bicyclic) bond motifs is 4. The van der Waals surface area contributed by atoms with Gasteiger partial charge in [0.15, 0.2) is 0 Å². The molecule has 6 heteroatoms. The van der Waals surface area contributed by atoms with Gasteiger partial charge in [-0.15, -0.1) is 0 Å². The van der Waals surface area contributed by atoms with E-state index < -0.39 is 5.60 Å². The van der Waals surface area contributed by atoms with E-state index in [-0.39, 0.29) is 11.5 Å². The smallest absolute Gasteiger partial charge is 0.407 e. The molecule has 1 fully saturated rings. The number of ether oxygens (including phenoxy) is 1. The largest absolute Gasteiger partial charge is 0.508 e. The van der Waals surface area contributed by atoms with E-state index in [1.807, 2.05) is 32.9 Å². The number of likely N-dealkylation sites (N-methyl/N-ethyl adjacent to an activating group) is 1. The fourth-order valence-electron chi connectivity index (χ4n) is 4.86. The van der Waals surface area contributed by atoms with Crippen LogP contribution in [-0.2, 0) is 16.6 Å². The van der Waals surface area contributed by atoms with Gasteiger partial charge in [0, 0.05) is 24.0 Å². The van der Waals surface area contributed by atoms with Gasteiger partial charge in [-0.1, -0.05) is 13.0 Å². The number of carbonyl (C=O) groups excluding carboxylic acids is 1. The molecule has 2 aliphatic rings. The second kappa shape index (κ2) is 8.52. The Hall–Kier alpha value is -1.79. The SMILES string of the molecule is CN1CC[C@]2(C)c3cc(O)ccc3C[C@@H]1[C@@H]2NCCCCNC(=O)OC(C)(C)C. The molecule has 0 radical (unpaired) electrons. The summed E-state index contributed by atoms with van der Waals surface area (Å²) in [7, 11) is 2.22. The Morgan fingerprint density at radius 1 is 1.31 bits per heavy atom. The van der Waals surface area contributed by atoms with Gasteiger partial charge in [-0.25, -0.2) is 4.79 Å². The van der Waals surface area contributed by atoms with E-state index >= 15 is 0 Å². The molecule has 1 saturated heterocycles. The number of likely N-dealkylation sites (tertiary alicyclic amines) is 1. The van der Waals surface area contributed by atoms with E-state index in [0.29, 0.717) is 24.4 Å². The Kier molecular flexibility index (Phi) is 6.44. The quantitative estimate of drug-likeness (QED) is 0.636. The van der Waals surface area contributed by atoms with Crippen molar-refractivity contribution in [2.45, 2.75) is 76.5 Å². The predicted octanol–water partition coefficient (Wildman–Crippen LogP) is 3.17. The first-order chi connectivity index (χ1) is 13.6. The zero-order valence-electron chi connectivity index (χ0n) is 18.5. The summed E-state index contributed by atoms with van der Waals surface area (Å²) in [4.78, 5) is 14.2. The number of carbonyl (C=O) groups is 1. The first kappa shape index (κ1) is 21.9. The second-order valence-electron chi connectivity index (χ2n) is 9.83. The highest BCUT2D eigenvalue weighted by Gasteiger charge is 2.49. The van der Waals surface area contributed by atoms with Crippen LogP contribution in [0.1, 0.15) is 58.1 Å². The summed E-state index contributed by atoms with van der Waals surface area (Å²) in [6.07, 6.45) is 3.64. The number of nitrogens with one attached hydrogen (secondary N) is 2. The number of piperidine rings is 1. The van der Waals surface area contributed by atoms with Crippen LogP contribution in [0.5, 0.6) is 5.75 Å². The van der Waals surface area contributed by atoms with Gasteiger partial charge in [0.25, 0.3) is 0 Å². The molecule has 29 heavy (non-hydrogen) atoms. The first-order valence-corrected chi connectivity index (χ1v) is 10.8. The second-order valence-corrected chi connectivity index (χ2v) is 9.83. The first-order valence-electron chi connectivity index (χ1n) is 10.8. The lowest BCUT2D eigenvalue weighted by Gasteiger charge is -2.55. The van der Waals surface area contributed by atoms with Crippen molar-refractivity contribution in [3.63, 3.8) is 0 Å². The number of hydrogen-bond acceptors (Lipinski definition) is 5. The molecule has 0 unspecified atom stereocenters. The Labute approximate surface area is 175 Å². The van der Waals surface area contributed by atoms with Gasteiger partial charge in [-0.2, -0.15) is 0 Å². The van der Waals surface area contributed by atoms with Crippen LogP contribution in [0.15, 0.2) is 18.2 Å². The van der Waals surface area contributed by atoms with Crippen molar-refractivity contribution in [1.29, 1.82) is 0 Å². The van der Waals surface area contributed by atoms with Crippen molar-refractivity contribution in [2.24, 2.45) is 0 Å². The van der Waals surface area contributed by atoms with Gasteiger partial charge in [0.05, 0.1) is 0 Å². The third-order valence-electron chi connectivity index (χ3n) is 6.40. The molecule has 0 aromatic heterocycles. The number of phenols is 1. The van der Waals surface area contributed by atoms with Crippen LogP contribution in [0, 0.1) is 0 Å². The van der Waals surface area contributed by atoms with Gasteiger partial charge < -0.3 is 25.4 Å². The topological polar surface area (TPSA) is 73.8 Å². The monoisotopic (exact) mass is 403 g/mol. The minimum Gasteiger partial charge on any atom is -0.508 e. The summed E-state index contributed by atoms with van der Waals surface area (Å²) in [5, 5.41) is 16.7. The molecule has 1 aromatic carbocycles. The Morgan fingerprint density at radius 3 is 2.76 bits per heavy atom. The summed E-state index contributed by atoms with van der Waals surface area (Å²) in [5.41, 5.74) is 2.22. The maximum atomic E-state index is 11.7. The lowest BCUT2D eigenvalue weighted by molar-refractivity contribution is 0.0526. The standard InChI is InChI=1S/C23H37N3O3/c1-22(2,3)29-21(28)25-12-7-6-11-24-20-19-14-16-8-9-17(27)15-18(16)23(20,4)10-13-26(19)5/h8-9,15,19-20,24,27H,6-7,10-14H2,1-5H3,(H,25,28)/t19-,20+,23-/m1/s1. The molecule has 2 bridgehead atoms. The van der Waals surface area contributed by atoms with E-state index in [4.69, 9.17) is 4.74 Å². The van der Waals surface area contributed by atoms with Crippen molar-refractivity contribution in [3.8, 4) is 5.75 Å². The fourth-order valence-corrected chi connectivity index (χ4v) is 4.86. The highest BCUT2D eigenvalue weighted by atomic mass is 16.6. The third-order valence-corrected chi connectivity index (χ3v) is 6.40. The highest BCUT2D eigenvalue weighted by molar-refractivity contribution is 5.67.